The predicted molar refractivity (Wildman–Crippen MR) is 85.2 cm³/mol. The Morgan fingerprint density at radius 1 is 0.500 bits per heavy atom. The Hall–Kier alpha value is 0. The second kappa shape index (κ2) is 15.1. The molecule has 0 aromatic heterocycles. The van der Waals surface area contributed by atoms with Gasteiger partial charge < -0.3 is 0 Å². The van der Waals surface area contributed by atoms with Crippen molar-refractivity contribution in [1.82, 2.24) is 0 Å². The lowest BCUT2D eigenvalue weighted by atomic mass is 9.97. The second-order valence-corrected chi connectivity index (χ2v) is 6.22. The molecule has 0 radical (unpaired) electrons. The van der Waals surface area contributed by atoms with Crippen molar-refractivity contribution < 1.29 is 0 Å². The lowest BCUT2D eigenvalue weighted by Crippen LogP contribution is -1.94. The molecule has 1 atom stereocenters. The first-order valence-corrected chi connectivity index (χ1v) is 8.81. The molecule has 0 aromatic carbocycles. The Bertz CT molecular complexity index is 139. The first-order valence-electron chi connectivity index (χ1n) is 8.81. The van der Waals surface area contributed by atoms with E-state index in [9.17, 15) is 0 Å². The van der Waals surface area contributed by atoms with E-state index in [-0.39, 0.29) is 0 Å². The van der Waals surface area contributed by atoms with Crippen LogP contribution in [0, 0.1) is 5.92 Å². The van der Waals surface area contributed by atoms with E-state index in [0.29, 0.717) is 0 Å². The fourth-order valence-electron chi connectivity index (χ4n) is 2.68. The van der Waals surface area contributed by atoms with Gasteiger partial charge in [0, 0.05) is 0 Å². The van der Waals surface area contributed by atoms with Gasteiger partial charge in [-0.05, 0) is 5.92 Å². The van der Waals surface area contributed by atoms with Crippen molar-refractivity contribution in [2.24, 2.45) is 5.92 Å². The highest BCUT2D eigenvalue weighted by atomic mass is 14.1. The number of hydrogen-bond donors (Lipinski definition) is 0. The van der Waals surface area contributed by atoms with E-state index in [0.717, 1.165) is 5.92 Å². The van der Waals surface area contributed by atoms with Crippen LogP contribution in [0.2, 0.25) is 0 Å². The topological polar surface area (TPSA) is 0 Å². The van der Waals surface area contributed by atoms with Crippen LogP contribution in [-0.4, -0.2) is 0 Å². The van der Waals surface area contributed by atoms with Crippen molar-refractivity contribution in [3.05, 3.63) is 0 Å². The lowest BCUT2D eigenvalue weighted by Gasteiger charge is -2.10. The van der Waals surface area contributed by atoms with Crippen LogP contribution in [0.25, 0.3) is 0 Å². The van der Waals surface area contributed by atoms with Crippen LogP contribution in [0.5, 0.6) is 0 Å². The minimum Gasteiger partial charge on any atom is -0.0654 e. The summed E-state index contributed by atoms with van der Waals surface area (Å²) >= 11 is 0. The monoisotopic (exact) mass is 254 g/mol. The van der Waals surface area contributed by atoms with Gasteiger partial charge in [-0.2, -0.15) is 0 Å². The third-order valence-electron chi connectivity index (χ3n) is 4.10. The Kier molecular flexibility index (Phi) is 15.1. The van der Waals surface area contributed by atoms with Crippen LogP contribution in [0.1, 0.15) is 111 Å². The molecule has 0 rings (SSSR count). The van der Waals surface area contributed by atoms with Gasteiger partial charge in [0.05, 0.1) is 0 Å². The fraction of sp³-hybridized carbons (Fsp3) is 1.00. The van der Waals surface area contributed by atoms with Crippen molar-refractivity contribution in [1.29, 1.82) is 0 Å². The molecular formula is C18H38. The molecule has 110 valence electrons. The second-order valence-electron chi connectivity index (χ2n) is 6.22. The van der Waals surface area contributed by atoms with Crippen molar-refractivity contribution in [3.8, 4) is 0 Å². The quantitative estimate of drug-likeness (QED) is 0.289. The first-order chi connectivity index (χ1) is 8.81. The van der Waals surface area contributed by atoms with E-state index in [1.807, 2.05) is 0 Å². The molecule has 0 saturated heterocycles. The smallest absolute Gasteiger partial charge is 0.0443 e. The predicted octanol–water partition coefficient (Wildman–Crippen LogP) is 7.12. The van der Waals surface area contributed by atoms with Crippen LogP contribution in [-0.2, 0) is 0 Å². The number of hydrogen-bond acceptors (Lipinski definition) is 0. The third-order valence-corrected chi connectivity index (χ3v) is 4.10. The molecular weight excluding hydrogens is 216 g/mol. The number of rotatable bonds is 14. The Morgan fingerprint density at radius 3 is 1.39 bits per heavy atom. The van der Waals surface area contributed by atoms with Crippen LogP contribution in [0.3, 0.4) is 0 Å². The van der Waals surface area contributed by atoms with Gasteiger partial charge in [-0.1, -0.05) is 111 Å². The summed E-state index contributed by atoms with van der Waals surface area (Å²) in [5.74, 6) is 0.971. The molecule has 0 aliphatic heterocycles. The van der Waals surface area contributed by atoms with Crippen LogP contribution in [0.15, 0.2) is 0 Å². The molecule has 0 saturated carbocycles. The maximum Gasteiger partial charge on any atom is -0.0443 e. The molecule has 0 bridgehead atoms. The molecule has 0 amide bonds. The van der Waals surface area contributed by atoms with Crippen molar-refractivity contribution in [3.63, 3.8) is 0 Å². The van der Waals surface area contributed by atoms with Crippen molar-refractivity contribution in [2.75, 3.05) is 0 Å². The molecule has 0 aliphatic rings. The molecule has 0 spiro atoms. The molecule has 0 aliphatic carbocycles. The van der Waals surface area contributed by atoms with Gasteiger partial charge >= 0.3 is 0 Å². The number of unbranched alkanes of at least 4 members (excludes halogenated alkanes) is 10. The minimum absolute atomic E-state index is 0.971. The van der Waals surface area contributed by atoms with Gasteiger partial charge in [-0.15, -0.1) is 0 Å². The molecule has 0 unspecified atom stereocenters. The zero-order chi connectivity index (χ0) is 13.5. The highest BCUT2D eigenvalue weighted by Gasteiger charge is 2.00. The van der Waals surface area contributed by atoms with E-state index in [2.05, 4.69) is 20.8 Å². The summed E-state index contributed by atoms with van der Waals surface area (Å²) in [5.41, 5.74) is 0. The van der Waals surface area contributed by atoms with Crippen LogP contribution >= 0.6 is 0 Å². The summed E-state index contributed by atoms with van der Waals surface area (Å²) in [5, 5.41) is 0. The fourth-order valence-corrected chi connectivity index (χ4v) is 2.68. The molecule has 18 heavy (non-hydrogen) atoms. The SMILES string of the molecule is CCCCCCCCCCCC[C@@H](C)CCCC. The zero-order valence-corrected chi connectivity index (χ0v) is 13.5. The average molecular weight is 255 g/mol. The minimum atomic E-state index is 0.971. The van der Waals surface area contributed by atoms with E-state index in [1.54, 1.807) is 0 Å². The van der Waals surface area contributed by atoms with Crippen LogP contribution < -0.4 is 0 Å². The molecule has 0 aromatic rings. The van der Waals surface area contributed by atoms with Gasteiger partial charge in [0.25, 0.3) is 0 Å². The summed E-state index contributed by atoms with van der Waals surface area (Å²) in [4.78, 5) is 0. The van der Waals surface area contributed by atoms with Gasteiger partial charge in [0.2, 0.25) is 0 Å². The van der Waals surface area contributed by atoms with Crippen molar-refractivity contribution in [2.45, 2.75) is 111 Å². The normalized spacial score (nSPS) is 12.8. The Morgan fingerprint density at radius 2 is 0.889 bits per heavy atom. The van der Waals surface area contributed by atoms with E-state index < -0.39 is 0 Å². The summed E-state index contributed by atoms with van der Waals surface area (Å²) in [6.45, 7) is 7.03. The molecule has 0 fully saturated rings. The summed E-state index contributed by atoms with van der Waals surface area (Å²) in [6, 6.07) is 0. The Labute approximate surface area is 117 Å². The lowest BCUT2D eigenvalue weighted by molar-refractivity contribution is 0.440. The zero-order valence-electron chi connectivity index (χ0n) is 13.5. The van der Waals surface area contributed by atoms with Gasteiger partial charge in [-0.3, -0.25) is 0 Å². The van der Waals surface area contributed by atoms with Crippen molar-refractivity contribution >= 4 is 0 Å². The maximum atomic E-state index is 2.43. The van der Waals surface area contributed by atoms with E-state index in [4.69, 9.17) is 0 Å². The molecule has 0 heteroatoms. The standard InChI is InChI=1S/C18H38/c1-4-6-8-9-10-11-12-13-14-15-17-18(3)16-7-5-2/h18H,4-17H2,1-3H3/t18-/m0/s1. The largest absolute Gasteiger partial charge is 0.0654 e. The highest BCUT2D eigenvalue weighted by Crippen LogP contribution is 2.17. The summed E-state index contributed by atoms with van der Waals surface area (Å²) in [7, 11) is 0. The molecule has 0 heterocycles. The molecule has 0 nitrogen and oxygen atoms in total. The Balaban J connectivity index is 3.02. The highest BCUT2D eigenvalue weighted by molar-refractivity contribution is 4.54. The third kappa shape index (κ3) is 14.1. The summed E-state index contributed by atoms with van der Waals surface area (Å²) in [6.07, 6.45) is 20.3. The first kappa shape index (κ1) is 18.0. The van der Waals surface area contributed by atoms with Gasteiger partial charge in [-0.25, -0.2) is 0 Å². The van der Waals surface area contributed by atoms with Gasteiger partial charge in [0.15, 0.2) is 0 Å². The maximum absolute atomic E-state index is 2.43. The summed E-state index contributed by atoms with van der Waals surface area (Å²) < 4.78 is 0. The van der Waals surface area contributed by atoms with E-state index >= 15 is 0 Å². The average Bonchev–Trinajstić information content (AvgIpc) is 2.38. The van der Waals surface area contributed by atoms with Gasteiger partial charge in [0.1, 0.15) is 0 Å². The molecule has 0 N–H and O–H groups in total. The van der Waals surface area contributed by atoms with E-state index in [1.165, 1.54) is 89.9 Å². The van der Waals surface area contributed by atoms with Crippen LogP contribution in [0.4, 0.5) is 0 Å².